The fourth-order valence-electron chi connectivity index (χ4n) is 6.42. The van der Waals surface area contributed by atoms with Crippen molar-refractivity contribution in [1.29, 1.82) is 0 Å². The fraction of sp³-hybridized carbons (Fsp3) is 0. The van der Waals surface area contributed by atoms with Gasteiger partial charge in [0.2, 0.25) is 0 Å². The van der Waals surface area contributed by atoms with Gasteiger partial charge in [-0.15, -0.1) is 0 Å². The number of benzene rings is 8. The predicted octanol–water partition coefficient (Wildman–Crippen LogP) is 12.7. The van der Waals surface area contributed by atoms with Crippen molar-refractivity contribution in [3.63, 3.8) is 0 Å². The Labute approximate surface area is 309 Å². The van der Waals surface area contributed by atoms with Crippen molar-refractivity contribution in [1.82, 2.24) is 15.0 Å². The summed E-state index contributed by atoms with van der Waals surface area (Å²) in [5.41, 5.74) is 8.69. The van der Waals surface area contributed by atoms with E-state index in [9.17, 15) is 0 Å². The van der Waals surface area contributed by atoms with Gasteiger partial charge in [-0.1, -0.05) is 182 Å². The van der Waals surface area contributed by atoms with Crippen molar-refractivity contribution in [3.05, 3.63) is 200 Å². The van der Waals surface area contributed by atoms with Crippen LogP contribution in [0.15, 0.2) is 200 Å². The maximum atomic E-state index is 8.86. The van der Waals surface area contributed by atoms with Crippen LogP contribution >= 0.6 is 0 Å². The molecule has 52 heavy (non-hydrogen) atoms. The van der Waals surface area contributed by atoms with Crippen LogP contribution in [0.2, 0.25) is 0 Å². The molecule has 3 heteroatoms. The highest BCUT2D eigenvalue weighted by atomic mass is 15.0. The maximum absolute atomic E-state index is 8.86. The van der Waals surface area contributed by atoms with E-state index in [1.807, 2.05) is 78.9 Å². The van der Waals surface area contributed by atoms with Gasteiger partial charge < -0.3 is 0 Å². The molecule has 0 spiro atoms. The second-order valence-corrected chi connectivity index (χ2v) is 12.6. The van der Waals surface area contributed by atoms with Gasteiger partial charge in [0.1, 0.15) is 0 Å². The molecule has 9 aromatic rings. The Morgan fingerprint density at radius 1 is 0.250 bits per heavy atom. The second kappa shape index (κ2) is 13.7. The number of hydrogen-bond acceptors (Lipinski definition) is 3. The molecule has 0 N–H and O–H groups in total. The summed E-state index contributed by atoms with van der Waals surface area (Å²) in [6.45, 7) is 0. The molecule has 0 aliphatic rings. The lowest BCUT2D eigenvalue weighted by Crippen LogP contribution is -2.00. The van der Waals surface area contributed by atoms with E-state index >= 15 is 0 Å². The summed E-state index contributed by atoms with van der Waals surface area (Å²) in [5, 5.41) is 2.33. The van der Waals surface area contributed by atoms with E-state index in [0.29, 0.717) is 28.6 Å². The zero-order valence-corrected chi connectivity index (χ0v) is 28.1. The third kappa shape index (κ3) is 6.39. The smallest absolute Gasteiger partial charge is 0.164 e. The average molecular weight is 668 g/mol. The van der Waals surface area contributed by atoms with Crippen LogP contribution in [0.5, 0.6) is 0 Å². The fourth-order valence-corrected chi connectivity index (χ4v) is 6.42. The van der Waals surface area contributed by atoms with Gasteiger partial charge in [0.05, 0.1) is 5.48 Å². The van der Waals surface area contributed by atoms with Crippen LogP contribution in [0.1, 0.15) is 5.48 Å². The van der Waals surface area contributed by atoms with Gasteiger partial charge in [-0.3, -0.25) is 0 Å². The molecule has 244 valence electrons. The van der Waals surface area contributed by atoms with Gasteiger partial charge in [-0.05, 0) is 73.5 Å². The van der Waals surface area contributed by atoms with Gasteiger partial charge in [0.25, 0.3) is 0 Å². The molecule has 0 unspecified atom stereocenters. The Hall–Kier alpha value is -6.97. The molecule has 3 nitrogen and oxygen atoms in total. The Morgan fingerprint density at radius 3 is 1.12 bits per heavy atom. The molecule has 9 rings (SSSR count). The van der Waals surface area contributed by atoms with E-state index in [1.165, 1.54) is 16.5 Å². The Balaban J connectivity index is 1.08. The molecule has 1 aromatic heterocycles. The van der Waals surface area contributed by atoms with Crippen LogP contribution in [0.25, 0.3) is 89.4 Å². The minimum absolute atomic E-state index is 0.0750. The van der Waals surface area contributed by atoms with Crippen molar-refractivity contribution in [2.24, 2.45) is 0 Å². The van der Waals surface area contributed by atoms with Crippen LogP contribution in [-0.4, -0.2) is 15.0 Å². The van der Waals surface area contributed by atoms with E-state index in [1.54, 1.807) is 24.3 Å². The lowest BCUT2D eigenvalue weighted by atomic mass is 9.97. The van der Waals surface area contributed by atoms with Crippen LogP contribution in [0, 0.1) is 0 Å². The maximum Gasteiger partial charge on any atom is 0.164 e. The largest absolute Gasteiger partial charge is 0.208 e. The van der Waals surface area contributed by atoms with Gasteiger partial charge >= 0.3 is 0 Å². The quantitative estimate of drug-likeness (QED) is 0.170. The van der Waals surface area contributed by atoms with Crippen molar-refractivity contribution in [3.8, 4) is 78.7 Å². The summed E-state index contributed by atoms with van der Waals surface area (Å²) in [4.78, 5) is 14.8. The normalized spacial score (nSPS) is 12.2. The molecule has 0 bridgehead atoms. The Morgan fingerprint density at radius 2 is 0.577 bits per heavy atom. The standard InChI is InChI=1S/C49H33N3/c1-4-11-34(12-5-1)36-19-21-37(22-20-36)38-23-25-40(26-24-38)48-50-47(39-15-8-3-9-16-39)51-49(52-48)46-18-10-17-41(33-46)43-29-30-44-31-42(27-28-45(44)32-43)35-13-6-2-7-14-35/h1-33H/i19D,20D,21D,22D. The lowest BCUT2D eigenvalue weighted by Gasteiger charge is -2.11. The molecule has 0 atom stereocenters. The summed E-state index contributed by atoms with van der Waals surface area (Å²) in [6, 6.07) is 57.7. The molecule has 8 aromatic carbocycles. The SMILES string of the molecule is [2H]c1c([2H])c(-c2ccc(-c3nc(-c4ccccc4)nc(-c4cccc(-c5ccc6cc(-c7ccccc7)ccc6c5)c4)n3)cc2)c([2H])c([2H])c1-c1ccccc1. The zero-order chi connectivity index (χ0) is 38.2. The first-order valence-corrected chi connectivity index (χ1v) is 17.2. The van der Waals surface area contributed by atoms with Crippen LogP contribution < -0.4 is 0 Å². The first kappa shape index (κ1) is 26.8. The Bertz CT molecular complexity index is 2850. The molecule has 0 amide bonds. The average Bonchev–Trinajstić information content (AvgIpc) is 3.26. The first-order chi connectivity index (χ1) is 27.4. The third-order valence-electron chi connectivity index (χ3n) is 9.19. The molecule has 0 fully saturated rings. The van der Waals surface area contributed by atoms with Crippen molar-refractivity contribution in [2.45, 2.75) is 0 Å². The number of nitrogens with zero attached hydrogens (tertiary/aromatic N) is 3. The summed E-state index contributed by atoms with van der Waals surface area (Å²) in [7, 11) is 0. The third-order valence-corrected chi connectivity index (χ3v) is 9.19. The van der Waals surface area contributed by atoms with E-state index < -0.39 is 0 Å². The summed E-state index contributed by atoms with van der Waals surface area (Å²) in [5.74, 6) is 1.55. The van der Waals surface area contributed by atoms with Gasteiger partial charge in [0, 0.05) is 16.7 Å². The van der Waals surface area contributed by atoms with Crippen LogP contribution in [-0.2, 0) is 0 Å². The van der Waals surface area contributed by atoms with Crippen LogP contribution in [0.3, 0.4) is 0 Å². The molecular weight excluding hydrogens is 631 g/mol. The summed E-state index contributed by atoms with van der Waals surface area (Å²) < 4.78 is 35.3. The predicted molar refractivity (Wildman–Crippen MR) is 215 cm³/mol. The van der Waals surface area contributed by atoms with E-state index in [-0.39, 0.29) is 35.3 Å². The van der Waals surface area contributed by atoms with Crippen molar-refractivity contribution >= 4 is 10.8 Å². The number of fused-ring (bicyclic) bond motifs is 1. The summed E-state index contributed by atoms with van der Waals surface area (Å²) in [6.07, 6.45) is 0. The number of rotatable bonds is 7. The highest BCUT2D eigenvalue weighted by Crippen LogP contribution is 2.32. The van der Waals surface area contributed by atoms with Gasteiger partial charge in [-0.2, -0.15) is 0 Å². The van der Waals surface area contributed by atoms with Crippen molar-refractivity contribution < 1.29 is 5.48 Å². The van der Waals surface area contributed by atoms with Crippen molar-refractivity contribution in [2.75, 3.05) is 0 Å². The monoisotopic (exact) mass is 667 g/mol. The molecular formula is C49H33N3. The summed E-state index contributed by atoms with van der Waals surface area (Å²) >= 11 is 0. The highest BCUT2D eigenvalue weighted by molar-refractivity contribution is 5.91. The minimum atomic E-state index is -0.0883. The van der Waals surface area contributed by atoms with Gasteiger partial charge in [-0.25, -0.2) is 15.0 Å². The minimum Gasteiger partial charge on any atom is -0.208 e. The van der Waals surface area contributed by atoms with Crippen LogP contribution in [0.4, 0.5) is 0 Å². The highest BCUT2D eigenvalue weighted by Gasteiger charge is 2.14. The topological polar surface area (TPSA) is 38.7 Å². The molecule has 1 heterocycles. The molecule has 0 saturated heterocycles. The zero-order valence-electron chi connectivity index (χ0n) is 32.1. The second-order valence-electron chi connectivity index (χ2n) is 12.6. The number of hydrogen-bond donors (Lipinski definition) is 0. The first-order valence-electron chi connectivity index (χ1n) is 19.2. The van der Waals surface area contributed by atoms with E-state index in [0.717, 1.165) is 33.2 Å². The van der Waals surface area contributed by atoms with Gasteiger partial charge in [0.15, 0.2) is 17.5 Å². The van der Waals surface area contributed by atoms with E-state index in [4.69, 9.17) is 20.4 Å². The molecule has 0 saturated carbocycles. The molecule has 0 radical (unpaired) electrons. The lowest BCUT2D eigenvalue weighted by molar-refractivity contribution is 1.07. The number of aromatic nitrogens is 3. The Kier molecular flexibility index (Phi) is 7.09. The molecule has 0 aliphatic heterocycles. The van der Waals surface area contributed by atoms with E-state index in [2.05, 4.69) is 72.8 Å². The molecule has 0 aliphatic carbocycles.